The molecule has 1 atom stereocenters. The molecule has 0 saturated heterocycles. The lowest BCUT2D eigenvalue weighted by Crippen LogP contribution is -2.39. The first-order valence-electron chi connectivity index (χ1n) is 7.09. The van der Waals surface area contributed by atoms with E-state index in [-0.39, 0.29) is 12.1 Å². The molecule has 7 heteroatoms. The van der Waals surface area contributed by atoms with Crippen LogP contribution in [0, 0.1) is 0 Å². The van der Waals surface area contributed by atoms with Gasteiger partial charge in [0.2, 0.25) is 0 Å². The monoisotopic (exact) mass is 290 g/mol. The Morgan fingerprint density at radius 3 is 2.90 bits per heavy atom. The van der Waals surface area contributed by atoms with Crippen molar-refractivity contribution in [1.29, 1.82) is 0 Å². The third-order valence-electron chi connectivity index (χ3n) is 3.36. The number of amides is 2. The molecule has 0 aliphatic heterocycles. The standard InChI is InChI=1S/C14H22N6O/c1-4-5-12(13-15-8-9-19(13)2)17-14(21)20(3)10-11-6-7-16-18-11/h6-9,12H,4-5,10H2,1-3H3,(H,16,18)(H,17,21)/t12-/m0/s1. The molecule has 0 spiro atoms. The summed E-state index contributed by atoms with van der Waals surface area (Å²) in [4.78, 5) is 18.3. The Kier molecular flexibility index (Phi) is 4.97. The van der Waals surface area contributed by atoms with Gasteiger partial charge in [0.1, 0.15) is 5.82 Å². The molecule has 0 unspecified atom stereocenters. The number of hydrogen-bond donors (Lipinski definition) is 2. The summed E-state index contributed by atoms with van der Waals surface area (Å²) in [6, 6.07) is 1.66. The van der Waals surface area contributed by atoms with Gasteiger partial charge in [-0.1, -0.05) is 13.3 Å². The summed E-state index contributed by atoms with van der Waals surface area (Å²) in [7, 11) is 3.70. The van der Waals surface area contributed by atoms with E-state index in [4.69, 9.17) is 0 Å². The number of hydrogen-bond acceptors (Lipinski definition) is 3. The lowest BCUT2D eigenvalue weighted by atomic mass is 10.1. The zero-order valence-corrected chi connectivity index (χ0v) is 12.7. The third kappa shape index (κ3) is 3.84. The van der Waals surface area contributed by atoms with Crippen LogP contribution in [0.15, 0.2) is 24.7 Å². The molecular formula is C14H22N6O. The molecule has 2 rings (SSSR count). The minimum absolute atomic E-state index is 0.0771. The maximum atomic E-state index is 12.3. The van der Waals surface area contributed by atoms with E-state index in [0.29, 0.717) is 6.54 Å². The van der Waals surface area contributed by atoms with Crippen LogP contribution >= 0.6 is 0 Å². The van der Waals surface area contributed by atoms with Gasteiger partial charge in [-0.3, -0.25) is 5.10 Å². The summed E-state index contributed by atoms with van der Waals surface area (Å²) < 4.78 is 1.94. The number of rotatable bonds is 6. The zero-order chi connectivity index (χ0) is 15.2. The second-order valence-electron chi connectivity index (χ2n) is 5.13. The fourth-order valence-corrected chi connectivity index (χ4v) is 2.23. The molecule has 21 heavy (non-hydrogen) atoms. The molecule has 2 amide bonds. The summed E-state index contributed by atoms with van der Waals surface area (Å²) >= 11 is 0. The zero-order valence-electron chi connectivity index (χ0n) is 12.7. The summed E-state index contributed by atoms with van der Waals surface area (Å²) in [6.07, 6.45) is 7.14. The molecule has 2 heterocycles. The minimum Gasteiger partial charge on any atom is -0.336 e. The van der Waals surface area contributed by atoms with Crippen LogP contribution in [0.3, 0.4) is 0 Å². The number of aromatic nitrogens is 4. The highest BCUT2D eigenvalue weighted by atomic mass is 16.2. The predicted molar refractivity (Wildman–Crippen MR) is 79.4 cm³/mol. The molecule has 0 radical (unpaired) electrons. The molecule has 2 aromatic heterocycles. The van der Waals surface area contributed by atoms with Crippen molar-refractivity contribution in [3.63, 3.8) is 0 Å². The van der Waals surface area contributed by atoms with Crippen LogP contribution in [-0.4, -0.2) is 37.7 Å². The molecule has 0 aliphatic carbocycles. The molecule has 0 fully saturated rings. The van der Waals surface area contributed by atoms with Gasteiger partial charge in [0.15, 0.2) is 0 Å². The lowest BCUT2D eigenvalue weighted by molar-refractivity contribution is 0.200. The van der Waals surface area contributed by atoms with E-state index in [1.807, 2.05) is 23.9 Å². The fraction of sp³-hybridized carbons (Fsp3) is 0.500. The number of nitrogens with one attached hydrogen (secondary N) is 2. The van der Waals surface area contributed by atoms with Gasteiger partial charge in [0.25, 0.3) is 0 Å². The molecule has 114 valence electrons. The van der Waals surface area contributed by atoms with Crippen molar-refractivity contribution in [3.8, 4) is 0 Å². The van der Waals surface area contributed by atoms with E-state index in [0.717, 1.165) is 24.4 Å². The molecule has 0 aromatic carbocycles. The van der Waals surface area contributed by atoms with Crippen LogP contribution in [0.5, 0.6) is 0 Å². The van der Waals surface area contributed by atoms with Crippen LogP contribution in [-0.2, 0) is 13.6 Å². The van der Waals surface area contributed by atoms with E-state index < -0.39 is 0 Å². The number of aryl methyl sites for hydroxylation is 1. The summed E-state index contributed by atoms with van der Waals surface area (Å²) in [5.41, 5.74) is 0.900. The van der Waals surface area contributed by atoms with Crippen molar-refractivity contribution in [1.82, 2.24) is 30.0 Å². The van der Waals surface area contributed by atoms with Crippen molar-refractivity contribution < 1.29 is 4.79 Å². The quantitative estimate of drug-likeness (QED) is 0.852. The maximum Gasteiger partial charge on any atom is 0.318 e. The van der Waals surface area contributed by atoms with Gasteiger partial charge in [0, 0.05) is 32.7 Å². The van der Waals surface area contributed by atoms with E-state index >= 15 is 0 Å². The van der Waals surface area contributed by atoms with Crippen molar-refractivity contribution in [2.45, 2.75) is 32.4 Å². The van der Waals surface area contributed by atoms with Gasteiger partial charge in [-0.15, -0.1) is 0 Å². The number of imidazole rings is 1. The van der Waals surface area contributed by atoms with Crippen LogP contribution < -0.4 is 5.32 Å². The lowest BCUT2D eigenvalue weighted by Gasteiger charge is -2.23. The Labute approximate surface area is 124 Å². The average molecular weight is 290 g/mol. The van der Waals surface area contributed by atoms with Gasteiger partial charge in [0.05, 0.1) is 18.3 Å². The molecule has 7 nitrogen and oxygen atoms in total. The number of carbonyl (C=O) groups is 1. The molecule has 2 N–H and O–H groups in total. The molecule has 0 bridgehead atoms. The topological polar surface area (TPSA) is 78.8 Å². The first-order chi connectivity index (χ1) is 10.1. The minimum atomic E-state index is -0.119. The first kappa shape index (κ1) is 15.1. The van der Waals surface area contributed by atoms with Crippen molar-refractivity contribution in [3.05, 3.63) is 36.2 Å². The Hall–Kier alpha value is -2.31. The number of urea groups is 1. The summed E-state index contributed by atoms with van der Waals surface area (Å²) in [5, 5.41) is 9.77. The Bertz CT molecular complexity index is 562. The van der Waals surface area contributed by atoms with Crippen LogP contribution in [0.25, 0.3) is 0 Å². The Morgan fingerprint density at radius 2 is 2.33 bits per heavy atom. The van der Waals surface area contributed by atoms with Gasteiger partial charge >= 0.3 is 6.03 Å². The third-order valence-corrected chi connectivity index (χ3v) is 3.36. The van der Waals surface area contributed by atoms with E-state index in [2.05, 4.69) is 27.4 Å². The highest BCUT2D eigenvalue weighted by Crippen LogP contribution is 2.16. The molecule has 0 saturated carbocycles. The second-order valence-corrected chi connectivity index (χ2v) is 5.13. The molecule has 0 aliphatic rings. The van der Waals surface area contributed by atoms with E-state index in [9.17, 15) is 4.79 Å². The highest BCUT2D eigenvalue weighted by Gasteiger charge is 2.19. The highest BCUT2D eigenvalue weighted by molar-refractivity contribution is 5.74. The van der Waals surface area contributed by atoms with E-state index in [1.165, 1.54) is 0 Å². The molecule has 2 aromatic rings. The van der Waals surface area contributed by atoms with Gasteiger partial charge in [-0.05, 0) is 12.5 Å². The summed E-state index contributed by atoms with van der Waals surface area (Å²) in [6.45, 7) is 2.58. The fourth-order valence-electron chi connectivity index (χ4n) is 2.23. The van der Waals surface area contributed by atoms with Gasteiger partial charge in [-0.2, -0.15) is 5.10 Å². The largest absolute Gasteiger partial charge is 0.336 e. The predicted octanol–water partition coefficient (Wildman–Crippen LogP) is 1.83. The second kappa shape index (κ2) is 6.92. The number of aromatic amines is 1. The van der Waals surface area contributed by atoms with Crippen LogP contribution in [0.1, 0.15) is 37.3 Å². The number of carbonyl (C=O) groups excluding carboxylic acids is 1. The SMILES string of the molecule is CCC[C@H](NC(=O)N(C)Cc1ccn[nH]1)c1nccn1C. The maximum absolute atomic E-state index is 12.3. The van der Waals surface area contributed by atoms with E-state index in [1.54, 1.807) is 24.3 Å². The van der Waals surface area contributed by atoms with Gasteiger partial charge < -0.3 is 14.8 Å². The van der Waals surface area contributed by atoms with Crippen LogP contribution in [0.4, 0.5) is 4.79 Å². The average Bonchev–Trinajstić information content (AvgIpc) is 3.09. The normalized spacial score (nSPS) is 12.1. The van der Waals surface area contributed by atoms with Gasteiger partial charge in [-0.25, -0.2) is 9.78 Å². The Morgan fingerprint density at radius 1 is 1.52 bits per heavy atom. The van der Waals surface area contributed by atoms with Crippen molar-refractivity contribution in [2.24, 2.45) is 7.05 Å². The van der Waals surface area contributed by atoms with Crippen LogP contribution in [0.2, 0.25) is 0 Å². The smallest absolute Gasteiger partial charge is 0.318 e. The Balaban J connectivity index is 1.99. The molecular weight excluding hydrogens is 268 g/mol. The number of nitrogens with zero attached hydrogens (tertiary/aromatic N) is 4. The van der Waals surface area contributed by atoms with Crippen molar-refractivity contribution >= 4 is 6.03 Å². The number of H-pyrrole nitrogens is 1. The summed E-state index contributed by atoms with van der Waals surface area (Å²) in [5.74, 6) is 0.875. The van der Waals surface area contributed by atoms with Crippen molar-refractivity contribution in [2.75, 3.05) is 7.05 Å². The first-order valence-corrected chi connectivity index (χ1v) is 7.09.